The molecule has 10 heavy (non-hydrogen) atoms. The van der Waals surface area contributed by atoms with Gasteiger partial charge in [-0.3, -0.25) is 15.0 Å². The van der Waals surface area contributed by atoms with E-state index < -0.39 is 0 Å². The van der Waals surface area contributed by atoms with Crippen LogP contribution in [0.1, 0.15) is 0 Å². The SMILES string of the molecule is O=c1[nH][nH]c2nccnc12. The predicted molar refractivity (Wildman–Crippen MR) is 34.5 cm³/mol. The molecule has 0 aliphatic carbocycles. The Morgan fingerprint density at radius 2 is 2.00 bits per heavy atom. The Hall–Kier alpha value is -1.65. The summed E-state index contributed by atoms with van der Waals surface area (Å²) in [6, 6.07) is 0. The Kier molecular flexibility index (Phi) is 0.858. The lowest BCUT2D eigenvalue weighted by atomic mass is 10.5. The zero-order valence-corrected chi connectivity index (χ0v) is 4.96. The summed E-state index contributed by atoms with van der Waals surface area (Å²) >= 11 is 0. The van der Waals surface area contributed by atoms with Gasteiger partial charge >= 0.3 is 0 Å². The fourth-order valence-corrected chi connectivity index (χ4v) is 0.771. The summed E-state index contributed by atoms with van der Waals surface area (Å²) in [6.45, 7) is 0. The van der Waals surface area contributed by atoms with E-state index in [1.807, 2.05) is 0 Å². The van der Waals surface area contributed by atoms with Crippen LogP contribution in [0.5, 0.6) is 0 Å². The van der Waals surface area contributed by atoms with Gasteiger partial charge in [0.15, 0.2) is 11.2 Å². The second-order valence-electron chi connectivity index (χ2n) is 1.83. The van der Waals surface area contributed by atoms with Crippen LogP contribution in [0.2, 0.25) is 0 Å². The Morgan fingerprint density at radius 1 is 1.20 bits per heavy atom. The highest BCUT2D eigenvalue weighted by Gasteiger charge is 1.98. The van der Waals surface area contributed by atoms with Crippen molar-refractivity contribution >= 4 is 11.2 Å². The van der Waals surface area contributed by atoms with Gasteiger partial charge in [-0.25, -0.2) is 9.97 Å². The molecule has 0 unspecified atom stereocenters. The van der Waals surface area contributed by atoms with Crippen LogP contribution in [-0.4, -0.2) is 20.2 Å². The third-order valence-electron chi connectivity index (χ3n) is 1.21. The number of aromatic amines is 2. The van der Waals surface area contributed by atoms with Crippen molar-refractivity contribution in [2.24, 2.45) is 0 Å². The number of hydrogen-bond acceptors (Lipinski definition) is 3. The quantitative estimate of drug-likeness (QED) is 0.519. The maximum Gasteiger partial charge on any atom is 0.292 e. The number of nitrogens with one attached hydrogen (secondary N) is 2. The molecule has 2 aromatic rings. The molecule has 0 bridgehead atoms. The fourth-order valence-electron chi connectivity index (χ4n) is 0.771. The van der Waals surface area contributed by atoms with E-state index in [9.17, 15) is 4.79 Å². The molecule has 0 radical (unpaired) electrons. The highest BCUT2D eigenvalue weighted by atomic mass is 16.1. The van der Waals surface area contributed by atoms with Crippen LogP contribution >= 0.6 is 0 Å². The highest BCUT2D eigenvalue weighted by molar-refractivity contribution is 5.67. The lowest BCUT2D eigenvalue weighted by molar-refractivity contribution is 1.06. The van der Waals surface area contributed by atoms with Gasteiger partial charge in [-0.05, 0) is 0 Å². The molecule has 0 aliphatic rings. The lowest BCUT2D eigenvalue weighted by Crippen LogP contribution is -1.98. The maximum atomic E-state index is 10.8. The first-order chi connectivity index (χ1) is 4.88. The summed E-state index contributed by atoms with van der Waals surface area (Å²) in [5.74, 6) is 0. The van der Waals surface area contributed by atoms with Crippen molar-refractivity contribution < 1.29 is 0 Å². The van der Waals surface area contributed by atoms with Crippen LogP contribution in [0.25, 0.3) is 11.2 Å². The molecule has 0 saturated carbocycles. The number of H-pyrrole nitrogens is 2. The van der Waals surface area contributed by atoms with Gasteiger partial charge in [-0.15, -0.1) is 0 Å². The third-order valence-corrected chi connectivity index (χ3v) is 1.21. The number of nitrogens with zero attached hydrogens (tertiary/aromatic N) is 2. The van der Waals surface area contributed by atoms with Gasteiger partial charge in [-0.2, -0.15) is 0 Å². The third kappa shape index (κ3) is 0.540. The summed E-state index contributed by atoms with van der Waals surface area (Å²) < 4.78 is 0. The predicted octanol–water partition coefficient (Wildman–Crippen LogP) is -0.354. The van der Waals surface area contributed by atoms with Crippen LogP contribution in [-0.2, 0) is 0 Å². The second-order valence-corrected chi connectivity index (χ2v) is 1.83. The van der Waals surface area contributed by atoms with Gasteiger partial charge in [0.1, 0.15) is 0 Å². The molecule has 2 heterocycles. The molecule has 0 amide bonds. The smallest absolute Gasteiger partial charge is 0.280 e. The normalized spacial score (nSPS) is 10.4. The molecule has 5 nitrogen and oxygen atoms in total. The Balaban J connectivity index is 3.07. The molecule has 2 rings (SSSR count). The molecular formula is C5H4N4O. The average molecular weight is 136 g/mol. The minimum absolute atomic E-state index is 0.233. The monoisotopic (exact) mass is 136 g/mol. The second kappa shape index (κ2) is 1.66. The molecule has 0 aliphatic heterocycles. The first-order valence-corrected chi connectivity index (χ1v) is 2.75. The largest absolute Gasteiger partial charge is 0.292 e. The number of fused-ring (bicyclic) bond motifs is 1. The van der Waals surface area contributed by atoms with Crippen LogP contribution in [0, 0.1) is 0 Å². The minimum atomic E-state index is -0.233. The van der Waals surface area contributed by atoms with Gasteiger partial charge in [0.05, 0.1) is 0 Å². The topological polar surface area (TPSA) is 74.4 Å². The van der Waals surface area contributed by atoms with E-state index in [4.69, 9.17) is 0 Å². The molecule has 0 aromatic carbocycles. The van der Waals surface area contributed by atoms with E-state index >= 15 is 0 Å². The summed E-state index contributed by atoms with van der Waals surface area (Å²) in [7, 11) is 0. The van der Waals surface area contributed by atoms with E-state index in [0.29, 0.717) is 11.2 Å². The van der Waals surface area contributed by atoms with E-state index in [-0.39, 0.29) is 5.56 Å². The number of aromatic nitrogens is 4. The van der Waals surface area contributed by atoms with E-state index in [1.165, 1.54) is 12.4 Å². The van der Waals surface area contributed by atoms with Crippen molar-refractivity contribution in [3.05, 3.63) is 22.7 Å². The molecular weight excluding hydrogens is 132 g/mol. The van der Waals surface area contributed by atoms with Crippen LogP contribution < -0.4 is 5.56 Å². The standard InChI is InChI=1S/C5H4N4O/c10-5-3-4(8-9-5)7-2-1-6-3/h1-2H,(H2,7,8,9,10). The first kappa shape index (κ1) is 5.16. The van der Waals surface area contributed by atoms with Crippen molar-refractivity contribution in [1.82, 2.24) is 20.2 Å². The summed E-state index contributed by atoms with van der Waals surface area (Å²) in [5.41, 5.74) is 0.609. The van der Waals surface area contributed by atoms with Gasteiger partial charge in [0.25, 0.3) is 5.56 Å². The first-order valence-electron chi connectivity index (χ1n) is 2.75. The van der Waals surface area contributed by atoms with Gasteiger partial charge < -0.3 is 0 Å². The van der Waals surface area contributed by atoms with Crippen LogP contribution in [0.3, 0.4) is 0 Å². The van der Waals surface area contributed by atoms with Crippen molar-refractivity contribution in [2.75, 3.05) is 0 Å². The average Bonchev–Trinajstić information content (AvgIpc) is 2.34. The van der Waals surface area contributed by atoms with Crippen LogP contribution in [0.4, 0.5) is 0 Å². The molecule has 2 aromatic heterocycles. The minimum Gasteiger partial charge on any atom is -0.280 e. The van der Waals surface area contributed by atoms with E-state index in [0.717, 1.165) is 0 Å². The van der Waals surface area contributed by atoms with Crippen molar-refractivity contribution in [1.29, 1.82) is 0 Å². The Bertz CT molecular complexity index is 401. The van der Waals surface area contributed by atoms with Crippen molar-refractivity contribution in [2.45, 2.75) is 0 Å². The van der Waals surface area contributed by atoms with Gasteiger partial charge in [-0.1, -0.05) is 0 Å². The fraction of sp³-hybridized carbons (Fsp3) is 0. The zero-order valence-electron chi connectivity index (χ0n) is 4.96. The molecule has 50 valence electrons. The molecule has 0 atom stereocenters. The molecule has 5 heteroatoms. The Labute approximate surface area is 55.1 Å². The van der Waals surface area contributed by atoms with E-state index in [1.54, 1.807) is 0 Å². The highest BCUT2D eigenvalue weighted by Crippen LogP contribution is 1.93. The Morgan fingerprint density at radius 3 is 2.80 bits per heavy atom. The van der Waals surface area contributed by atoms with Gasteiger partial charge in [0.2, 0.25) is 0 Å². The zero-order chi connectivity index (χ0) is 6.97. The molecule has 0 fully saturated rings. The lowest BCUT2D eigenvalue weighted by Gasteiger charge is -1.79. The summed E-state index contributed by atoms with van der Waals surface area (Å²) in [5, 5.41) is 4.95. The molecule has 0 spiro atoms. The summed E-state index contributed by atoms with van der Waals surface area (Å²) in [6.07, 6.45) is 3.00. The van der Waals surface area contributed by atoms with Crippen LogP contribution in [0.15, 0.2) is 17.2 Å². The summed E-state index contributed by atoms with van der Waals surface area (Å²) in [4.78, 5) is 18.4. The maximum absolute atomic E-state index is 10.8. The number of hydrogen-bond donors (Lipinski definition) is 2. The molecule has 2 N–H and O–H groups in total. The number of rotatable bonds is 0. The molecule has 0 saturated heterocycles. The van der Waals surface area contributed by atoms with Crippen molar-refractivity contribution in [3.8, 4) is 0 Å². The van der Waals surface area contributed by atoms with E-state index in [2.05, 4.69) is 20.2 Å². The van der Waals surface area contributed by atoms with Gasteiger partial charge in [0, 0.05) is 12.4 Å². The van der Waals surface area contributed by atoms with Crippen molar-refractivity contribution in [3.63, 3.8) is 0 Å².